The molecule has 0 aliphatic carbocycles. The van der Waals surface area contributed by atoms with E-state index < -0.39 is 43.1 Å². The van der Waals surface area contributed by atoms with E-state index in [4.69, 9.17) is 18.1 Å². The fourth-order valence-corrected chi connectivity index (χ4v) is 1.31. The van der Waals surface area contributed by atoms with Gasteiger partial charge in [-0.2, -0.15) is 0 Å². The Morgan fingerprint density at radius 1 is 1.44 bits per heavy atom. The predicted molar refractivity (Wildman–Crippen MR) is 62.5 cm³/mol. The summed E-state index contributed by atoms with van der Waals surface area (Å²) in [5, 5.41) is 11.2. The van der Waals surface area contributed by atoms with Gasteiger partial charge < -0.3 is 16.0 Å². The number of nitrogens with two attached hydrogens (primary N) is 1. The first-order valence-corrected chi connectivity index (χ1v) is 4.47. The zero-order valence-corrected chi connectivity index (χ0v) is 8.36. The van der Waals surface area contributed by atoms with Crippen molar-refractivity contribution >= 4 is 5.91 Å². The number of nitrogens with one attached hydrogen (secondary N) is 1. The molecule has 2 atom stereocenters. The maximum atomic E-state index is 13.0. The van der Waals surface area contributed by atoms with Crippen molar-refractivity contribution in [3.8, 4) is 0 Å². The first-order chi connectivity index (χ1) is 11.1. The van der Waals surface area contributed by atoms with Gasteiger partial charge in [0.25, 0.3) is 5.91 Å². The summed E-state index contributed by atoms with van der Waals surface area (Å²) in [6, 6.07) is 4.87. The summed E-state index contributed by atoms with van der Waals surface area (Å²) >= 11 is 0. The van der Waals surface area contributed by atoms with E-state index in [1.165, 1.54) is 30.3 Å². The van der Waals surface area contributed by atoms with E-state index in [1.807, 2.05) is 0 Å². The maximum absolute atomic E-state index is 13.0. The lowest BCUT2D eigenvalue weighted by Gasteiger charge is -2.40. The number of hydrogen-bond acceptors (Lipinski definition) is 2. The first-order valence-electron chi connectivity index (χ1n) is 8.97. The minimum atomic E-state index is -3.76. The molecule has 1 amide bonds. The van der Waals surface area contributed by atoms with Crippen molar-refractivity contribution in [2.24, 2.45) is 5.73 Å². The number of carbonyl (C=O) groups excluding carboxylic acids is 1. The van der Waals surface area contributed by atoms with Crippen molar-refractivity contribution in [3.05, 3.63) is 41.1 Å². The van der Waals surface area contributed by atoms with Crippen LogP contribution in [-0.2, 0) is 4.79 Å². The maximum Gasteiger partial charge on any atom is 0.280 e. The normalized spacial score (nSPS) is 26.2. The fourth-order valence-electron chi connectivity index (χ4n) is 1.31. The summed E-state index contributed by atoms with van der Waals surface area (Å²) in [5.41, 5.74) is 1.34. The van der Waals surface area contributed by atoms with Crippen LogP contribution in [0.2, 0.25) is 0 Å². The van der Waals surface area contributed by atoms with Crippen LogP contribution in [-0.4, -0.2) is 11.4 Å². The zero-order chi connectivity index (χ0) is 19.8. The van der Waals surface area contributed by atoms with Crippen LogP contribution < -0.4 is 10.8 Å². The summed E-state index contributed by atoms with van der Waals surface area (Å²) in [7, 11) is 0. The van der Waals surface area contributed by atoms with Gasteiger partial charge in [-0.1, -0.05) is 30.3 Å². The van der Waals surface area contributed by atoms with Gasteiger partial charge in [0.1, 0.15) is 0 Å². The van der Waals surface area contributed by atoms with E-state index in [1.54, 1.807) is 0 Å². The molecule has 0 aromatic heterocycles. The minimum absolute atomic E-state index is 0.0814. The Kier molecular flexibility index (Phi) is 1.41. The molecule has 0 saturated heterocycles. The molecule has 0 aliphatic rings. The highest BCUT2D eigenvalue weighted by Crippen LogP contribution is 2.11. The molecule has 0 heterocycles. The highest BCUT2D eigenvalue weighted by molar-refractivity contribution is 5.80. The van der Waals surface area contributed by atoms with Gasteiger partial charge in [-0.15, -0.1) is 0 Å². The lowest BCUT2D eigenvalue weighted by Crippen LogP contribution is -3.16. The van der Waals surface area contributed by atoms with Crippen molar-refractivity contribution in [2.75, 3.05) is 0 Å². The molecule has 1 rings (SSSR count). The number of amides is 1. The van der Waals surface area contributed by atoms with Crippen LogP contribution in [0.15, 0.2) is 30.3 Å². The average molecular weight is 232 g/mol. The Labute approximate surface area is 108 Å². The molecule has 0 fully saturated rings. The van der Waals surface area contributed by atoms with E-state index in [9.17, 15) is 10.0 Å². The molecule has 88 valence electrons. The molecule has 0 saturated carbocycles. The fraction of sp³-hybridized carbons (Fsp3) is 0.417. The molecule has 0 bridgehead atoms. The monoisotopic (exact) mass is 232 g/mol. The predicted octanol–water partition coefficient (Wildman–Crippen LogP) is 0.394. The summed E-state index contributed by atoms with van der Waals surface area (Å²) < 4.78 is 67.6. The van der Waals surface area contributed by atoms with Gasteiger partial charge in [0.2, 0.25) is 0 Å². The topological polar surface area (TPSA) is 70.6 Å². The Balaban J connectivity index is 3.77. The van der Waals surface area contributed by atoms with Crippen molar-refractivity contribution in [1.82, 2.24) is 0 Å². The van der Waals surface area contributed by atoms with Crippen molar-refractivity contribution in [2.45, 2.75) is 32.1 Å². The van der Waals surface area contributed by atoms with Gasteiger partial charge >= 0.3 is 0 Å². The van der Waals surface area contributed by atoms with Crippen LogP contribution in [0.25, 0.3) is 0 Å². The number of hydrogen-bond donors (Lipinski definition) is 2. The number of quaternary nitrogens is 1. The Morgan fingerprint density at radius 3 is 2.44 bits per heavy atom. The van der Waals surface area contributed by atoms with Crippen LogP contribution in [0.4, 0.5) is 0 Å². The smallest absolute Gasteiger partial charge is 0.280 e. The average Bonchev–Trinajstić information content (AvgIpc) is 2.34. The summed E-state index contributed by atoms with van der Waals surface area (Å²) in [6.07, 6.45) is 0. The van der Waals surface area contributed by atoms with E-state index in [-0.39, 0.29) is 5.56 Å². The molecule has 0 spiro atoms. The molecular weight excluding hydrogens is 205 g/mol. The van der Waals surface area contributed by atoms with Crippen LogP contribution in [0.1, 0.15) is 44.5 Å². The van der Waals surface area contributed by atoms with Gasteiger partial charge in [-0.05, 0) is 20.6 Å². The Bertz CT molecular complexity index is 574. The highest BCUT2D eigenvalue weighted by Gasteiger charge is 2.31. The van der Waals surface area contributed by atoms with Crippen LogP contribution >= 0.6 is 0 Å². The lowest BCUT2D eigenvalue weighted by atomic mass is 10.0. The number of primary amides is 1. The highest BCUT2D eigenvalue weighted by atomic mass is 16.5. The van der Waals surface area contributed by atoms with Gasteiger partial charge in [-0.25, -0.2) is 0 Å². The zero-order valence-electron chi connectivity index (χ0n) is 17.4. The first kappa shape index (κ1) is 4.85. The molecular formula is C12H18N2O2. The van der Waals surface area contributed by atoms with Gasteiger partial charge in [-0.3, -0.25) is 4.79 Å². The third-order valence-electron chi connectivity index (χ3n) is 2.05. The lowest BCUT2D eigenvalue weighted by molar-refractivity contribution is -0.919. The second kappa shape index (κ2) is 4.63. The molecule has 3 N–H and O–H groups in total. The molecule has 2 unspecified atom stereocenters. The molecule has 1 aromatic carbocycles. The second-order valence-corrected chi connectivity index (χ2v) is 3.36. The minimum Gasteiger partial charge on any atom is -0.633 e. The van der Waals surface area contributed by atoms with Crippen molar-refractivity contribution < 1.29 is 22.2 Å². The number of hydroxylamine groups is 2. The molecule has 0 radical (unpaired) electrons. The van der Waals surface area contributed by atoms with Crippen LogP contribution in [0, 0.1) is 5.21 Å². The third-order valence-corrected chi connectivity index (χ3v) is 2.05. The van der Waals surface area contributed by atoms with Gasteiger partial charge in [0, 0.05) is 17.9 Å². The van der Waals surface area contributed by atoms with Crippen molar-refractivity contribution in [3.63, 3.8) is 0 Å². The van der Waals surface area contributed by atoms with Gasteiger partial charge in [0.05, 0.1) is 5.54 Å². The Hall–Kier alpha value is -1.39. The number of rotatable bonds is 3. The molecule has 1 aromatic rings. The summed E-state index contributed by atoms with van der Waals surface area (Å²) in [5.74, 6) is -1.33. The van der Waals surface area contributed by atoms with Crippen LogP contribution in [0.5, 0.6) is 0 Å². The molecule has 4 heteroatoms. The van der Waals surface area contributed by atoms with Gasteiger partial charge in [0.15, 0.2) is 6.04 Å². The third kappa shape index (κ3) is 2.81. The van der Waals surface area contributed by atoms with Crippen LogP contribution in [0.3, 0.4) is 0 Å². The SMILES string of the molecule is [2H]C([2H])([2H])C([NH+]([O-])C(c1ccccc1)[13C](N)=O)(C([2H])([2H])[2H])C([2H])([2H])[2H]. The second-order valence-electron chi connectivity index (χ2n) is 3.36. The summed E-state index contributed by atoms with van der Waals surface area (Å²) in [4.78, 5) is 11.8. The number of carbonyl (C=O) groups is 1. The Morgan fingerprint density at radius 2 is 2.00 bits per heavy atom. The largest absolute Gasteiger partial charge is 0.633 e. The summed E-state index contributed by atoms with van der Waals surface area (Å²) in [6.45, 7) is -11.2. The standard InChI is InChI=1S/C12H18N2O2/c1-12(2,3)14(16)10(11(13)15)9-7-5-4-6-8-9/h4-8,10,14H,1-3H3,(H2,13,15)/i1D3,2D3,3D3,11+1. The molecule has 0 aliphatic heterocycles. The number of benzene rings is 1. The quantitative estimate of drug-likeness (QED) is 0.585. The van der Waals surface area contributed by atoms with E-state index >= 15 is 0 Å². The van der Waals surface area contributed by atoms with E-state index in [0.717, 1.165) is 0 Å². The molecule has 4 nitrogen and oxygen atoms in total. The van der Waals surface area contributed by atoms with E-state index in [0.29, 0.717) is 0 Å². The van der Waals surface area contributed by atoms with Crippen molar-refractivity contribution in [1.29, 1.82) is 0 Å². The van der Waals surface area contributed by atoms with E-state index in [2.05, 4.69) is 0 Å². The molecule has 16 heavy (non-hydrogen) atoms.